The minimum absolute atomic E-state index is 0.514. The Kier molecular flexibility index (Phi) is 9.27. The van der Waals surface area contributed by atoms with Crippen LogP contribution in [0.5, 0.6) is 0 Å². The van der Waals surface area contributed by atoms with Crippen LogP contribution in [-0.4, -0.2) is 35.4 Å². The van der Waals surface area contributed by atoms with E-state index in [1.807, 2.05) is 20.8 Å². The zero-order valence-electron chi connectivity index (χ0n) is 10.2. The van der Waals surface area contributed by atoms with Crippen molar-refractivity contribution in [1.82, 2.24) is 5.48 Å². The fourth-order valence-corrected chi connectivity index (χ4v) is 2.75. The summed E-state index contributed by atoms with van der Waals surface area (Å²) in [5.41, 5.74) is 2.82. The molecule has 0 radical (unpaired) electrons. The van der Waals surface area contributed by atoms with Crippen LogP contribution >= 0.6 is 0 Å². The van der Waals surface area contributed by atoms with Gasteiger partial charge in [0, 0.05) is 26.4 Å². The lowest BCUT2D eigenvalue weighted by molar-refractivity contribution is -0.0560. The fraction of sp³-hybridized carbons (Fsp3) is 1.00. The molecule has 0 saturated heterocycles. The molecule has 0 aliphatic heterocycles. The van der Waals surface area contributed by atoms with E-state index in [9.17, 15) is 0 Å². The van der Waals surface area contributed by atoms with Crippen molar-refractivity contribution in [2.45, 2.75) is 34.1 Å². The summed E-state index contributed by atoms with van der Waals surface area (Å²) < 4.78 is 21.8. The summed E-state index contributed by atoms with van der Waals surface area (Å²) in [5.74, 6) is 0. The molecule has 6 heteroatoms. The molecule has 0 amide bonds. The molecule has 0 fully saturated rings. The van der Waals surface area contributed by atoms with Crippen molar-refractivity contribution in [3.8, 4) is 0 Å². The molecular weight excluding hydrogens is 214 g/mol. The highest BCUT2D eigenvalue weighted by molar-refractivity contribution is 6.53. The van der Waals surface area contributed by atoms with Gasteiger partial charge in [0.15, 0.2) is 0 Å². The maximum Gasteiger partial charge on any atom is 0.696 e. The smallest absolute Gasteiger partial charge is 0.351 e. The maximum absolute atomic E-state index is 5.47. The van der Waals surface area contributed by atoms with Gasteiger partial charge < -0.3 is 13.3 Å². The number of hydrogen-bond acceptors (Lipinski definition) is 5. The Bertz CT molecular complexity index is 131. The van der Waals surface area contributed by atoms with E-state index in [0.717, 1.165) is 13.0 Å². The van der Waals surface area contributed by atoms with Crippen LogP contribution in [0.4, 0.5) is 0 Å². The fourth-order valence-electron chi connectivity index (χ4n) is 0.985. The molecule has 0 aromatic heterocycles. The van der Waals surface area contributed by atoms with E-state index in [2.05, 4.69) is 12.4 Å². The van der Waals surface area contributed by atoms with Crippen molar-refractivity contribution < 1.29 is 17.8 Å². The molecule has 0 unspecified atom stereocenters. The van der Waals surface area contributed by atoms with E-state index in [1.54, 1.807) is 0 Å². The molecule has 0 saturated carbocycles. The summed E-state index contributed by atoms with van der Waals surface area (Å²) >= 11 is 0. The van der Waals surface area contributed by atoms with E-state index in [4.69, 9.17) is 17.8 Å². The molecule has 0 atom stereocenters. The number of nitrogens with one attached hydrogen (secondary N) is 1. The highest BCUT2D eigenvalue weighted by atomic mass is 28.4. The summed E-state index contributed by atoms with van der Waals surface area (Å²) in [6.45, 7) is 10.0. The zero-order chi connectivity index (χ0) is 11.6. The largest absolute Gasteiger partial charge is 0.696 e. The third kappa shape index (κ3) is 6.24. The quantitative estimate of drug-likeness (QED) is 0.354. The average molecular weight is 237 g/mol. The maximum atomic E-state index is 5.47. The molecule has 0 bridgehead atoms. The highest BCUT2D eigenvalue weighted by Crippen LogP contribution is 2.10. The van der Waals surface area contributed by atoms with Crippen LogP contribution in [0.3, 0.4) is 0 Å². The van der Waals surface area contributed by atoms with Crippen molar-refractivity contribution in [3.63, 3.8) is 0 Å². The number of hydrogen-bond donors (Lipinski definition) is 1. The monoisotopic (exact) mass is 237 g/mol. The second-order valence-corrected chi connectivity index (χ2v) is 4.87. The van der Waals surface area contributed by atoms with E-state index in [-0.39, 0.29) is 0 Å². The van der Waals surface area contributed by atoms with E-state index >= 15 is 0 Å². The standard InChI is InChI=1S/C9H23NO4Si/c1-5-9-10-14-15(11-6-2,12-7-3)13-8-4/h10H,5-9H2,1-4H3. The molecule has 0 aromatic rings. The van der Waals surface area contributed by atoms with Crippen molar-refractivity contribution in [2.24, 2.45) is 0 Å². The zero-order valence-corrected chi connectivity index (χ0v) is 11.2. The number of hydroxylamine groups is 1. The first-order chi connectivity index (χ1) is 7.24. The highest BCUT2D eigenvalue weighted by Gasteiger charge is 2.45. The third-order valence-electron chi connectivity index (χ3n) is 1.51. The van der Waals surface area contributed by atoms with Gasteiger partial charge in [0.05, 0.1) is 0 Å². The van der Waals surface area contributed by atoms with Crippen LogP contribution in [0.1, 0.15) is 34.1 Å². The summed E-state index contributed by atoms with van der Waals surface area (Å²) in [6.07, 6.45) is 0.981. The first-order valence-corrected chi connectivity index (χ1v) is 7.20. The van der Waals surface area contributed by atoms with Crippen LogP contribution in [0.25, 0.3) is 0 Å². The van der Waals surface area contributed by atoms with Crippen molar-refractivity contribution >= 4 is 9.05 Å². The van der Waals surface area contributed by atoms with Gasteiger partial charge in [0.25, 0.3) is 0 Å². The van der Waals surface area contributed by atoms with Crippen LogP contribution < -0.4 is 5.48 Å². The lowest BCUT2D eigenvalue weighted by Crippen LogP contribution is -2.52. The van der Waals surface area contributed by atoms with Crippen LogP contribution in [-0.2, 0) is 17.8 Å². The molecule has 0 spiro atoms. The molecule has 0 aliphatic carbocycles. The van der Waals surface area contributed by atoms with E-state index in [0.29, 0.717) is 19.8 Å². The number of rotatable bonds is 10. The summed E-state index contributed by atoms with van der Waals surface area (Å²) in [7, 11) is -2.94. The third-order valence-corrected chi connectivity index (χ3v) is 3.83. The minimum atomic E-state index is -2.94. The second-order valence-electron chi connectivity index (χ2n) is 2.80. The molecule has 5 nitrogen and oxygen atoms in total. The molecule has 1 N–H and O–H groups in total. The Balaban J connectivity index is 4.18. The SMILES string of the molecule is CCCNO[Si](OCC)(OCC)OCC. The molecule has 0 heterocycles. The van der Waals surface area contributed by atoms with Crippen LogP contribution in [0.15, 0.2) is 0 Å². The lowest BCUT2D eigenvalue weighted by Gasteiger charge is -2.26. The van der Waals surface area contributed by atoms with E-state index in [1.165, 1.54) is 0 Å². The summed E-state index contributed by atoms with van der Waals surface area (Å²) in [4.78, 5) is 0. The van der Waals surface area contributed by atoms with Gasteiger partial charge in [-0.3, -0.25) is 4.53 Å². The van der Waals surface area contributed by atoms with Gasteiger partial charge in [-0.2, -0.15) is 0 Å². The molecule has 92 valence electrons. The molecule has 15 heavy (non-hydrogen) atoms. The van der Waals surface area contributed by atoms with Gasteiger partial charge in [-0.25, -0.2) is 5.48 Å². The minimum Gasteiger partial charge on any atom is -0.351 e. The van der Waals surface area contributed by atoms with Crippen molar-refractivity contribution in [2.75, 3.05) is 26.4 Å². The van der Waals surface area contributed by atoms with Crippen LogP contribution in [0, 0.1) is 0 Å². The lowest BCUT2D eigenvalue weighted by atomic mass is 10.5. The molecule has 0 aliphatic rings. The van der Waals surface area contributed by atoms with Gasteiger partial charge in [0.2, 0.25) is 0 Å². The normalized spacial score (nSPS) is 12.0. The topological polar surface area (TPSA) is 49.0 Å². The Morgan fingerprint density at radius 2 is 1.33 bits per heavy atom. The first kappa shape index (κ1) is 15.0. The average Bonchev–Trinajstić information content (AvgIpc) is 2.19. The summed E-state index contributed by atoms with van der Waals surface area (Å²) in [5, 5.41) is 0. The van der Waals surface area contributed by atoms with Gasteiger partial charge in [-0.15, -0.1) is 0 Å². The Morgan fingerprint density at radius 1 is 0.867 bits per heavy atom. The van der Waals surface area contributed by atoms with E-state index < -0.39 is 9.05 Å². The molecule has 0 aromatic carbocycles. The predicted octanol–water partition coefficient (Wildman–Crippen LogP) is 1.46. The second kappa shape index (κ2) is 9.26. The Morgan fingerprint density at radius 3 is 1.67 bits per heavy atom. The van der Waals surface area contributed by atoms with Gasteiger partial charge in [-0.1, -0.05) is 6.92 Å². The van der Waals surface area contributed by atoms with Gasteiger partial charge >= 0.3 is 9.05 Å². The van der Waals surface area contributed by atoms with Crippen molar-refractivity contribution in [1.29, 1.82) is 0 Å². The molecular formula is C9H23NO4Si. The van der Waals surface area contributed by atoms with Crippen molar-refractivity contribution in [3.05, 3.63) is 0 Å². The first-order valence-electron chi connectivity index (χ1n) is 5.57. The van der Waals surface area contributed by atoms with Crippen LogP contribution in [0.2, 0.25) is 0 Å². The van der Waals surface area contributed by atoms with Gasteiger partial charge in [0.1, 0.15) is 0 Å². The Labute approximate surface area is 93.5 Å². The van der Waals surface area contributed by atoms with Gasteiger partial charge in [-0.05, 0) is 27.2 Å². The predicted molar refractivity (Wildman–Crippen MR) is 60.0 cm³/mol. The Hall–Kier alpha value is 0.0169. The summed E-state index contributed by atoms with van der Waals surface area (Å²) in [6, 6.07) is 0. The molecule has 0 rings (SSSR count).